The van der Waals surface area contributed by atoms with Crippen molar-refractivity contribution in [3.63, 3.8) is 0 Å². The summed E-state index contributed by atoms with van der Waals surface area (Å²) in [6.07, 6.45) is 3.70. The molecule has 0 saturated carbocycles. The molecule has 2 nitrogen and oxygen atoms in total. The van der Waals surface area contributed by atoms with Crippen molar-refractivity contribution in [2.24, 2.45) is 0 Å². The van der Waals surface area contributed by atoms with Gasteiger partial charge in [0.25, 0.3) is 0 Å². The molecule has 90 valence electrons. The van der Waals surface area contributed by atoms with Gasteiger partial charge in [0.1, 0.15) is 4.83 Å². The fraction of sp³-hybridized carbons (Fsp3) is 0. The van der Waals surface area contributed by atoms with Crippen LogP contribution in [-0.2, 0) is 0 Å². The minimum atomic E-state index is 1.00. The average molecular weight is 262 g/mol. The molecule has 0 spiro atoms. The van der Waals surface area contributed by atoms with Gasteiger partial charge in [-0.25, -0.2) is 4.98 Å². The number of thiophene rings is 1. The summed E-state index contributed by atoms with van der Waals surface area (Å²) in [6.45, 7) is 0. The Kier molecular flexibility index (Phi) is 2.32. The minimum absolute atomic E-state index is 1.00. The van der Waals surface area contributed by atoms with Gasteiger partial charge in [-0.2, -0.15) is 0 Å². The van der Waals surface area contributed by atoms with E-state index in [1.54, 1.807) is 17.5 Å². The van der Waals surface area contributed by atoms with Gasteiger partial charge in [-0.15, -0.1) is 11.3 Å². The van der Waals surface area contributed by atoms with E-state index >= 15 is 0 Å². The van der Waals surface area contributed by atoms with Gasteiger partial charge in [0.2, 0.25) is 0 Å². The lowest BCUT2D eigenvalue weighted by Gasteiger charge is -2.08. The van der Waals surface area contributed by atoms with Gasteiger partial charge >= 0.3 is 0 Å². The number of hydrogen-bond donors (Lipinski definition) is 0. The Morgan fingerprint density at radius 2 is 1.79 bits per heavy atom. The van der Waals surface area contributed by atoms with E-state index in [2.05, 4.69) is 40.7 Å². The topological polar surface area (TPSA) is 25.8 Å². The molecule has 1 aromatic carbocycles. The fourth-order valence-corrected chi connectivity index (χ4v) is 3.21. The van der Waals surface area contributed by atoms with Crippen LogP contribution in [0.3, 0.4) is 0 Å². The lowest BCUT2D eigenvalue weighted by Crippen LogP contribution is -1.86. The molecular weight excluding hydrogens is 252 g/mol. The first-order valence-corrected chi connectivity index (χ1v) is 6.98. The Balaban J connectivity index is 2.23. The van der Waals surface area contributed by atoms with Gasteiger partial charge in [0, 0.05) is 28.7 Å². The van der Waals surface area contributed by atoms with Gasteiger partial charge in [0.05, 0.1) is 5.52 Å². The van der Waals surface area contributed by atoms with Crippen LogP contribution in [-0.4, -0.2) is 9.97 Å². The fourth-order valence-electron chi connectivity index (χ4n) is 2.43. The maximum absolute atomic E-state index is 4.70. The van der Waals surface area contributed by atoms with Crippen molar-refractivity contribution < 1.29 is 0 Å². The van der Waals surface area contributed by atoms with Crippen LogP contribution in [0.2, 0.25) is 0 Å². The van der Waals surface area contributed by atoms with Crippen LogP contribution in [0.15, 0.2) is 60.2 Å². The van der Waals surface area contributed by atoms with Crippen molar-refractivity contribution in [3.05, 3.63) is 60.2 Å². The third-order valence-corrected chi connectivity index (χ3v) is 4.07. The van der Waals surface area contributed by atoms with Crippen molar-refractivity contribution in [1.29, 1.82) is 0 Å². The molecule has 0 aliphatic rings. The van der Waals surface area contributed by atoms with Gasteiger partial charge in [-0.05, 0) is 23.1 Å². The van der Waals surface area contributed by atoms with Crippen LogP contribution in [0.4, 0.5) is 0 Å². The van der Waals surface area contributed by atoms with E-state index in [4.69, 9.17) is 4.98 Å². The molecule has 3 aromatic heterocycles. The second kappa shape index (κ2) is 4.14. The van der Waals surface area contributed by atoms with E-state index in [0.29, 0.717) is 0 Å². The summed E-state index contributed by atoms with van der Waals surface area (Å²) in [7, 11) is 0. The van der Waals surface area contributed by atoms with Crippen molar-refractivity contribution >= 4 is 32.5 Å². The van der Waals surface area contributed by atoms with Crippen molar-refractivity contribution in [3.8, 4) is 11.1 Å². The summed E-state index contributed by atoms with van der Waals surface area (Å²) >= 11 is 1.68. The first-order valence-electron chi connectivity index (χ1n) is 6.10. The van der Waals surface area contributed by atoms with Crippen LogP contribution in [0, 0.1) is 0 Å². The molecule has 3 heterocycles. The van der Waals surface area contributed by atoms with E-state index in [1.165, 1.54) is 16.5 Å². The number of hydrogen-bond acceptors (Lipinski definition) is 3. The molecule has 0 bridgehead atoms. The third kappa shape index (κ3) is 1.63. The molecule has 0 aliphatic carbocycles. The predicted molar refractivity (Wildman–Crippen MR) is 80.4 cm³/mol. The number of rotatable bonds is 1. The molecule has 0 aliphatic heterocycles. The maximum Gasteiger partial charge on any atom is 0.124 e. The highest BCUT2D eigenvalue weighted by molar-refractivity contribution is 7.16. The van der Waals surface area contributed by atoms with E-state index in [0.717, 1.165) is 15.7 Å². The highest BCUT2D eigenvalue weighted by Gasteiger charge is 2.11. The summed E-state index contributed by atoms with van der Waals surface area (Å²) in [4.78, 5) is 10.0. The lowest BCUT2D eigenvalue weighted by atomic mass is 10.00. The van der Waals surface area contributed by atoms with E-state index in [-0.39, 0.29) is 0 Å². The Morgan fingerprint density at radius 1 is 0.895 bits per heavy atom. The Bertz CT molecular complexity index is 866. The van der Waals surface area contributed by atoms with Crippen LogP contribution >= 0.6 is 11.3 Å². The summed E-state index contributed by atoms with van der Waals surface area (Å²) in [5.41, 5.74) is 3.45. The number of pyridine rings is 2. The number of benzene rings is 1. The zero-order chi connectivity index (χ0) is 12.7. The zero-order valence-corrected chi connectivity index (χ0v) is 10.9. The van der Waals surface area contributed by atoms with Crippen LogP contribution in [0.5, 0.6) is 0 Å². The Morgan fingerprint density at radius 3 is 2.68 bits per heavy atom. The second-order valence-electron chi connectivity index (χ2n) is 4.39. The number of fused-ring (bicyclic) bond motifs is 2. The van der Waals surface area contributed by atoms with E-state index in [9.17, 15) is 0 Å². The van der Waals surface area contributed by atoms with Gasteiger partial charge in [-0.1, -0.05) is 30.3 Å². The van der Waals surface area contributed by atoms with Crippen molar-refractivity contribution in [2.45, 2.75) is 0 Å². The Labute approximate surface area is 114 Å². The maximum atomic E-state index is 4.70. The van der Waals surface area contributed by atoms with E-state index < -0.39 is 0 Å². The van der Waals surface area contributed by atoms with Gasteiger partial charge < -0.3 is 0 Å². The van der Waals surface area contributed by atoms with Crippen LogP contribution in [0.25, 0.3) is 32.2 Å². The monoisotopic (exact) mass is 262 g/mol. The summed E-state index contributed by atoms with van der Waals surface area (Å²) in [5, 5.41) is 4.41. The average Bonchev–Trinajstić information content (AvgIpc) is 2.93. The molecule has 4 aromatic rings. The van der Waals surface area contributed by atoms with Crippen molar-refractivity contribution in [2.75, 3.05) is 0 Å². The molecule has 0 saturated heterocycles. The first-order chi connectivity index (χ1) is 9.43. The largest absolute Gasteiger partial charge is 0.264 e. The lowest BCUT2D eigenvalue weighted by molar-refractivity contribution is 1.35. The molecule has 3 heteroatoms. The third-order valence-electron chi connectivity index (χ3n) is 3.27. The van der Waals surface area contributed by atoms with Crippen LogP contribution in [0.1, 0.15) is 0 Å². The molecule has 0 amide bonds. The summed E-state index contributed by atoms with van der Waals surface area (Å²) in [5.74, 6) is 0. The zero-order valence-electron chi connectivity index (χ0n) is 10.1. The number of aromatic nitrogens is 2. The van der Waals surface area contributed by atoms with Gasteiger partial charge in [-0.3, -0.25) is 4.98 Å². The molecule has 0 N–H and O–H groups in total. The first kappa shape index (κ1) is 10.6. The van der Waals surface area contributed by atoms with Crippen molar-refractivity contribution in [1.82, 2.24) is 9.97 Å². The SMILES string of the molecule is c1ccc(-c2c3cnccc3nc3sccc23)cc1. The smallest absolute Gasteiger partial charge is 0.124 e. The molecular formula is C16H10N2S. The second-order valence-corrected chi connectivity index (χ2v) is 5.28. The van der Waals surface area contributed by atoms with Gasteiger partial charge in [0.15, 0.2) is 0 Å². The molecule has 0 radical (unpaired) electrons. The molecule has 0 unspecified atom stereocenters. The standard InChI is InChI=1S/C16H10N2S/c1-2-4-11(5-3-1)15-12-7-9-19-16(12)18-14-6-8-17-10-13(14)15/h1-10H. The molecule has 4 rings (SSSR count). The molecule has 0 atom stereocenters. The quantitative estimate of drug-likeness (QED) is 0.504. The highest BCUT2D eigenvalue weighted by Crippen LogP contribution is 2.36. The molecule has 19 heavy (non-hydrogen) atoms. The Hall–Kier alpha value is -2.26. The van der Waals surface area contributed by atoms with Crippen LogP contribution < -0.4 is 0 Å². The van der Waals surface area contributed by atoms with E-state index in [1.807, 2.05) is 18.3 Å². The predicted octanol–water partition coefficient (Wildman–Crippen LogP) is 4.51. The molecule has 0 fully saturated rings. The minimum Gasteiger partial charge on any atom is -0.264 e. The summed E-state index contributed by atoms with van der Waals surface area (Å²) in [6, 6.07) is 14.6. The highest BCUT2D eigenvalue weighted by atomic mass is 32.1. The summed E-state index contributed by atoms with van der Waals surface area (Å²) < 4.78 is 0. The number of nitrogens with zero attached hydrogens (tertiary/aromatic N) is 2. The normalized spacial score (nSPS) is 11.2.